The number of nitro benzene ring substituents is 1. The molecule has 9 heteroatoms. The fraction of sp³-hybridized carbons (Fsp3) is 0.263. The number of anilines is 1. The van der Waals surface area contributed by atoms with Gasteiger partial charge in [-0.15, -0.1) is 0 Å². The summed E-state index contributed by atoms with van der Waals surface area (Å²) in [4.78, 5) is 36.3. The minimum Gasteiger partial charge on any atom is -0.351 e. The highest BCUT2D eigenvalue weighted by molar-refractivity contribution is 5.94. The Morgan fingerprint density at radius 1 is 1.07 bits per heavy atom. The summed E-state index contributed by atoms with van der Waals surface area (Å²) in [6, 6.07) is 11.6. The van der Waals surface area contributed by atoms with E-state index in [-0.39, 0.29) is 42.7 Å². The van der Waals surface area contributed by atoms with Gasteiger partial charge in [0, 0.05) is 12.6 Å². The first-order chi connectivity index (χ1) is 13.4. The minimum absolute atomic E-state index is 0.0119. The average molecular weight is 388 g/mol. The minimum atomic E-state index is -0.573. The van der Waals surface area contributed by atoms with Gasteiger partial charge in [0.25, 0.3) is 5.69 Å². The maximum Gasteiger partial charge on any atom is 0.292 e. The highest BCUT2D eigenvalue weighted by atomic mass is 19.1. The summed E-state index contributed by atoms with van der Waals surface area (Å²) in [7, 11) is 0. The molecule has 2 amide bonds. The van der Waals surface area contributed by atoms with Crippen molar-refractivity contribution >= 4 is 23.2 Å². The Kier molecular flexibility index (Phi) is 7.58. The number of benzene rings is 2. The van der Waals surface area contributed by atoms with E-state index in [1.54, 1.807) is 30.0 Å². The summed E-state index contributed by atoms with van der Waals surface area (Å²) in [5.41, 5.74) is 0.664. The Morgan fingerprint density at radius 2 is 1.71 bits per heavy atom. The van der Waals surface area contributed by atoms with Crippen LogP contribution < -0.4 is 10.6 Å². The van der Waals surface area contributed by atoms with Gasteiger partial charge in [0.15, 0.2) is 0 Å². The largest absolute Gasteiger partial charge is 0.351 e. The molecular weight excluding hydrogens is 367 g/mol. The smallest absolute Gasteiger partial charge is 0.292 e. The van der Waals surface area contributed by atoms with Crippen molar-refractivity contribution in [3.63, 3.8) is 0 Å². The van der Waals surface area contributed by atoms with Crippen molar-refractivity contribution in [1.82, 2.24) is 10.2 Å². The fourth-order valence-corrected chi connectivity index (χ4v) is 2.47. The summed E-state index contributed by atoms with van der Waals surface area (Å²) < 4.78 is 12.9. The first kappa shape index (κ1) is 21.0. The number of nitrogens with zero attached hydrogens (tertiary/aromatic N) is 2. The lowest BCUT2D eigenvalue weighted by Gasteiger charge is -2.19. The van der Waals surface area contributed by atoms with Crippen LogP contribution in [0.5, 0.6) is 0 Å². The van der Waals surface area contributed by atoms with Gasteiger partial charge in [0.2, 0.25) is 11.8 Å². The molecule has 0 aliphatic heterocycles. The van der Waals surface area contributed by atoms with Gasteiger partial charge in [0.05, 0.1) is 18.0 Å². The highest BCUT2D eigenvalue weighted by Gasteiger charge is 2.17. The lowest BCUT2D eigenvalue weighted by molar-refractivity contribution is -0.383. The van der Waals surface area contributed by atoms with Gasteiger partial charge in [-0.25, -0.2) is 4.39 Å². The summed E-state index contributed by atoms with van der Waals surface area (Å²) in [5.74, 6) is -1.09. The number of nitro groups is 1. The summed E-state index contributed by atoms with van der Waals surface area (Å²) in [6.07, 6.45) is 0. The normalized spacial score (nSPS) is 10.5. The molecule has 0 spiro atoms. The number of hydrogen-bond acceptors (Lipinski definition) is 5. The lowest BCUT2D eigenvalue weighted by atomic mass is 10.2. The molecule has 2 aromatic carbocycles. The van der Waals surface area contributed by atoms with E-state index in [1.165, 1.54) is 30.3 Å². The molecule has 28 heavy (non-hydrogen) atoms. The molecule has 0 aliphatic carbocycles. The number of amides is 2. The van der Waals surface area contributed by atoms with Crippen molar-refractivity contribution < 1.29 is 18.9 Å². The van der Waals surface area contributed by atoms with Crippen LogP contribution in [0.25, 0.3) is 0 Å². The summed E-state index contributed by atoms with van der Waals surface area (Å²) in [6.45, 7) is 2.38. The van der Waals surface area contributed by atoms with E-state index in [9.17, 15) is 24.1 Å². The van der Waals surface area contributed by atoms with Crippen molar-refractivity contribution in [3.8, 4) is 0 Å². The van der Waals surface area contributed by atoms with Gasteiger partial charge < -0.3 is 10.6 Å². The number of nitrogens with one attached hydrogen (secondary N) is 2. The van der Waals surface area contributed by atoms with Crippen LogP contribution in [0.2, 0.25) is 0 Å². The van der Waals surface area contributed by atoms with Crippen LogP contribution in [0.1, 0.15) is 12.5 Å². The second-order valence-corrected chi connectivity index (χ2v) is 6.03. The van der Waals surface area contributed by atoms with E-state index in [0.29, 0.717) is 6.54 Å². The maximum atomic E-state index is 12.9. The van der Waals surface area contributed by atoms with Gasteiger partial charge in [-0.2, -0.15) is 0 Å². The number of rotatable bonds is 9. The van der Waals surface area contributed by atoms with Crippen LogP contribution in [0.4, 0.5) is 15.8 Å². The van der Waals surface area contributed by atoms with Gasteiger partial charge in [-0.05, 0) is 30.3 Å². The van der Waals surface area contributed by atoms with Crippen molar-refractivity contribution in [2.75, 3.05) is 25.0 Å². The quantitative estimate of drug-likeness (QED) is 0.507. The first-order valence-corrected chi connectivity index (χ1v) is 8.65. The highest BCUT2D eigenvalue weighted by Crippen LogP contribution is 2.22. The lowest BCUT2D eigenvalue weighted by Crippen LogP contribution is -2.40. The van der Waals surface area contributed by atoms with Gasteiger partial charge in [-0.3, -0.25) is 24.6 Å². The molecule has 8 nitrogen and oxygen atoms in total. The van der Waals surface area contributed by atoms with Crippen molar-refractivity contribution in [2.45, 2.75) is 13.5 Å². The molecular formula is C19H21FN4O4. The topological polar surface area (TPSA) is 105 Å². The third kappa shape index (κ3) is 6.44. The Bertz CT molecular complexity index is 842. The Morgan fingerprint density at radius 3 is 2.36 bits per heavy atom. The molecule has 0 saturated carbocycles. The fourth-order valence-electron chi connectivity index (χ4n) is 2.47. The molecule has 0 radical (unpaired) electrons. The Balaban J connectivity index is 1.85. The predicted octanol–water partition coefficient (Wildman–Crippen LogP) is 2.31. The van der Waals surface area contributed by atoms with E-state index >= 15 is 0 Å². The average Bonchev–Trinajstić information content (AvgIpc) is 2.67. The monoisotopic (exact) mass is 388 g/mol. The molecule has 0 aromatic heterocycles. The molecule has 0 saturated heterocycles. The molecule has 2 N–H and O–H groups in total. The van der Waals surface area contributed by atoms with E-state index < -0.39 is 10.8 Å². The van der Waals surface area contributed by atoms with Crippen LogP contribution in [0.3, 0.4) is 0 Å². The second-order valence-electron chi connectivity index (χ2n) is 6.03. The Hall–Kier alpha value is -3.33. The zero-order valence-corrected chi connectivity index (χ0v) is 15.4. The van der Waals surface area contributed by atoms with E-state index in [2.05, 4.69) is 10.6 Å². The van der Waals surface area contributed by atoms with Crippen molar-refractivity contribution in [2.24, 2.45) is 0 Å². The second kappa shape index (κ2) is 10.1. The zero-order chi connectivity index (χ0) is 20.5. The summed E-state index contributed by atoms with van der Waals surface area (Å²) in [5, 5.41) is 16.2. The van der Waals surface area contributed by atoms with E-state index in [4.69, 9.17) is 0 Å². The van der Waals surface area contributed by atoms with Crippen LogP contribution in [0, 0.1) is 15.9 Å². The number of halogens is 1. The molecule has 2 rings (SSSR count). The molecule has 0 heterocycles. The van der Waals surface area contributed by atoms with Crippen molar-refractivity contribution in [1.29, 1.82) is 0 Å². The molecule has 148 valence electrons. The maximum absolute atomic E-state index is 12.9. The van der Waals surface area contributed by atoms with Crippen LogP contribution >= 0.6 is 0 Å². The molecule has 2 aromatic rings. The summed E-state index contributed by atoms with van der Waals surface area (Å²) >= 11 is 0. The van der Waals surface area contributed by atoms with Crippen LogP contribution in [-0.2, 0) is 16.1 Å². The number of para-hydroxylation sites is 2. The van der Waals surface area contributed by atoms with Crippen LogP contribution in [0.15, 0.2) is 48.5 Å². The number of carbonyl (C=O) groups is 2. The van der Waals surface area contributed by atoms with E-state index in [1.807, 2.05) is 0 Å². The third-order valence-electron chi connectivity index (χ3n) is 3.96. The predicted molar refractivity (Wildman–Crippen MR) is 102 cm³/mol. The standard InChI is InChI=1S/C19H21FN4O4/c1-2-23(12-18(25)21-11-14-7-9-15(20)10-8-14)13-19(26)22-16-5-3-4-6-17(16)24(27)28/h3-10H,2,11-13H2,1H3,(H,21,25)(H,22,26). The van der Waals surface area contributed by atoms with Crippen LogP contribution in [-0.4, -0.2) is 41.3 Å². The SMILES string of the molecule is CCN(CC(=O)NCc1ccc(F)cc1)CC(=O)Nc1ccccc1[N+](=O)[O-]. The number of carbonyl (C=O) groups excluding carboxylic acids is 2. The van der Waals surface area contributed by atoms with Gasteiger partial charge in [-0.1, -0.05) is 31.2 Å². The first-order valence-electron chi connectivity index (χ1n) is 8.65. The Labute approximate surface area is 161 Å². The molecule has 0 fully saturated rings. The molecule has 0 aliphatic rings. The number of likely N-dealkylation sites (N-methyl/N-ethyl adjacent to an activating group) is 1. The van der Waals surface area contributed by atoms with Gasteiger partial charge in [0.1, 0.15) is 11.5 Å². The number of hydrogen-bond donors (Lipinski definition) is 2. The molecule has 0 unspecified atom stereocenters. The molecule has 0 atom stereocenters. The van der Waals surface area contributed by atoms with Gasteiger partial charge >= 0.3 is 0 Å². The third-order valence-corrected chi connectivity index (χ3v) is 3.96. The zero-order valence-electron chi connectivity index (χ0n) is 15.4. The molecule has 0 bridgehead atoms. The van der Waals surface area contributed by atoms with Crippen molar-refractivity contribution in [3.05, 3.63) is 70.0 Å². The van der Waals surface area contributed by atoms with E-state index in [0.717, 1.165) is 5.56 Å².